The topological polar surface area (TPSA) is 12.0 Å². The van der Waals surface area contributed by atoms with E-state index in [0.717, 1.165) is 30.1 Å². The van der Waals surface area contributed by atoms with Crippen LogP contribution in [0.2, 0.25) is 0 Å². The van der Waals surface area contributed by atoms with E-state index in [1.54, 1.807) is 23.5 Å². The first kappa shape index (κ1) is 12.1. The molecule has 96 valence electrons. The highest BCUT2D eigenvalue weighted by Crippen LogP contribution is 2.33. The normalized spacial score (nSPS) is 15.4. The number of thiophene rings is 1. The molecule has 0 unspecified atom stereocenters. The minimum absolute atomic E-state index is 0.131. The molecule has 3 heteroatoms. The maximum Gasteiger partial charge on any atom is 0.124 e. The van der Waals surface area contributed by atoms with Gasteiger partial charge in [0.1, 0.15) is 5.82 Å². The standard InChI is InChI=1S/C15H18FNS/c1-2-3-12-13-7-4-10(16)8-14(13)18-15(12)9-17-11-5-6-11/h4,7-8,11,17H,2-3,5-6,9H2,1H3. The van der Waals surface area contributed by atoms with Crippen LogP contribution in [0.15, 0.2) is 18.2 Å². The Bertz CT molecular complexity index is 557. The highest BCUT2D eigenvalue weighted by molar-refractivity contribution is 7.19. The van der Waals surface area contributed by atoms with Crippen LogP contribution in [0.3, 0.4) is 0 Å². The fourth-order valence-electron chi connectivity index (χ4n) is 2.37. The van der Waals surface area contributed by atoms with E-state index in [1.165, 1.54) is 28.7 Å². The maximum absolute atomic E-state index is 13.3. The second kappa shape index (κ2) is 4.98. The van der Waals surface area contributed by atoms with E-state index in [-0.39, 0.29) is 5.82 Å². The number of rotatable bonds is 5. The molecule has 0 atom stereocenters. The Morgan fingerprint density at radius 3 is 2.94 bits per heavy atom. The number of aryl methyl sites for hydroxylation is 1. The van der Waals surface area contributed by atoms with Crippen LogP contribution in [-0.2, 0) is 13.0 Å². The van der Waals surface area contributed by atoms with Crippen molar-refractivity contribution in [2.45, 2.75) is 45.2 Å². The van der Waals surface area contributed by atoms with Crippen molar-refractivity contribution >= 4 is 21.4 Å². The van der Waals surface area contributed by atoms with Crippen molar-refractivity contribution in [3.05, 3.63) is 34.5 Å². The molecule has 1 aromatic carbocycles. The Hall–Kier alpha value is -0.930. The molecule has 18 heavy (non-hydrogen) atoms. The zero-order valence-corrected chi connectivity index (χ0v) is 11.4. The average molecular weight is 263 g/mol. The van der Waals surface area contributed by atoms with Crippen LogP contribution in [0.1, 0.15) is 36.6 Å². The monoisotopic (exact) mass is 263 g/mol. The van der Waals surface area contributed by atoms with Crippen LogP contribution < -0.4 is 5.32 Å². The van der Waals surface area contributed by atoms with E-state index >= 15 is 0 Å². The van der Waals surface area contributed by atoms with Crippen molar-refractivity contribution in [1.29, 1.82) is 0 Å². The number of fused-ring (bicyclic) bond motifs is 1. The van der Waals surface area contributed by atoms with Gasteiger partial charge in [-0.25, -0.2) is 4.39 Å². The number of hydrogen-bond donors (Lipinski definition) is 1. The lowest BCUT2D eigenvalue weighted by Crippen LogP contribution is -2.15. The molecule has 1 aromatic heterocycles. The lowest BCUT2D eigenvalue weighted by atomic mass is 10.1. The predicted octanol–water partition coefficient (Wildman–Crippen LogP) is 4.24. The molecule has 0 bridgehead atoms. The van der Waals surface area contributed by atoms with Crippen LogP contribution in [-0.4, -0.2) is 6.04 Å². The number of nitrogens with one attached hydrogen (secondary N) is 1. The Kier molecular flexibility index (Phi) is 3.35. The summed E-state index contributed by atoms with van der Waals surface area (Å²) in [5, 5.41) is 4.81. The molecule has 1 nitrogen and oxygen atoms in total. The molecule has 2 aromatic rings. The van der Waals surface area contributed by atoms with E-state index in [4.69, 9.17) is 0 Å². The molecule has 0 spiro atoms. The summed E-state index contributed by atoms with van der Waals surface area (Å²) in [6.45, 7) is 3.14. The van der Waals surface area contributed by atoms with E-state index in [2.05, 4.69) is 12.2 Å². The summed E-state index contributed by atoms with van der Waals surface area (Å²) in [7, 11) is 0. The van der Waals surface area contributed by atoms with Gasteiger partial charge < -0.3 is 5.32 Å². The molecule has 1 N–H and O–H groups in total. The molecule has 3 rings (SSSR count). The molecule has 1 aliphatic carbocycles. The first-order valence-corrected chi connectivity index (χ1v) is 7.52. The number of benzene rings is 1. The predicted molar refractivity (Wildman–Crippen MR) is 75.6 cm³/mol. The maximum atomic E-state index is 13.3. The third-order valence-electron chi connectivity index (χ3n) is 3.47. The van der Waals surface area contributed by atoms with Crippen molar-refractivity contribution in [1.82, 2.24) is 5.32 Å². The lowest BCUT2D eigenvalue weighted by molar-refractivity contribution is 0.630. The van der Waals surface area contributed by atoms with E-state index < -0.39 is 0 Å². The van der Waals surface area contributed by atoms with Gasteiger partial charge in [0.25, 0.3) is 0 Å². The van der Waals surface area contributed by atoms with Gasteiger partial charge in [0.2, 0.25) is 0 Å². The van der Waals surface area contributed by atoms with E-state index in [0.29, 0.717) is 0 Å². The summed E-state index contributed by atoms with van der Waals surface area (Å²) < 4.78 is 14.4. The summed E-state index contributed by atoms with van der Waals surface area (Å²) >= 11 is 1.75. The molecule has 0 amide bonds. The van der Waals surface area contributed by atoms with Crippen LogP contribution in [0.25, 0.3) is 10.1 Å². The fraction of sp³-hybridized carbons (Fsp3) is 0.467. The summed E-state index contributed by atoms with van der Waals surface area (Å²) in [6, 6.07) is 5.90. The van der Waals surface area contributed by atoms with Crippen molar-refractivity contribution < 1.29 is 4.39 Å². The SMILES string of the molecule is CCCc1c(CNC2CC2)sc2cc(F)ccc12. The molecule has 0 saturated heterocycles. The van der Waals surface area contributed by atoms with Gasteiger partial charge in [-0.05, 0) is 42.3 Å². The summed E-state index contributed by atoms with van der Waals surface area (Å²) in [6.07, 6.45) is 4.85. The molecule has 1 saturated carbocycles. The van der Waals surface area contributed by atoms with Gasteiger partial charge in [0.05, 0.1) is 0 Å². The molecule has 1 aliphatic rings. The van der Waals surface area contributed by atoms with Crippen molar-refractivity contribution in [3.8, 4) is 0 Å². The van der Waals surface area contributed by atoms with Gasteiger partial charge in [-0.3, -0.25) is 0 Å². The van der Waals surface area contributed by atoms with Gasteiger partial charge in [-0.1, -0.05) is 19.4 Å². The molecule has 1 heterocycles. The second-order valence-electron chi connectivity index (χ2n) is 5.05. The van der Waals surface area contributed by atoms with Gasteiger partial charge >= 0.3 is 0 Å². The number of halogens is 1. The summed E-state index contributed by atoms with van der Waals surface area (Å²) in [5.41, 5.74) is 1.42. The van der Waals surface area contributed by atoms with Crippen molar-refractivity contribution in [2.75, 3.05) is 0 Å². The molecular formula is C15H18FNS. The summed E-state index contributed by atoms with van der Waals surface area (Å²) in [5.74, 6) is -0.131. The van der Waals surface area contributed by atoms with Crippen molar-refractivity contribution in [2.24, 2.45) is 0 Å². The zero-order valence-electron chi connectivity index (χ0n) is 10.6. The Balaban J connectivity index is 1.95. The highest BCUT2D eigenvalue weighted by Gasteiger charge is 2.21. The third kappa shape index (κ3) is 2.43. The highest BCUT2D eigenvalue weighted by atomic mass is 32.1. The Labute approximate surface area is 111 Å². The van der Waals surface area contributed by atoms with Crippen LogP contribution >= 0.6 is 11.3 Å². The zero-order chi connectivity index (χ0) is 12.5. The first-order valence-electron chi connectivity index (χ1n) is 6.71. The van der Waals surface area contributed by atoms with Crippen LogP contribution in [0.5, 0.6) is 0 Å². The molecule has 0 aliphatic heterocycles. The van der Waals surface area contributed by atoms with Gasteiger partial charge in [-0.15, -0.1) is 11.3 Å². The van der Waals surface area contributed by atoms with Crippen molar-refractivity contribution in [3.63, 3.8) is 0 Å². The average Bonchev–Trinajstić information content (AvgIpc) is 3.12. The number of hydrogen-bond acceptors (Lipinski definition) is 2. The minimum atomic E-state index is -0.131. The summed E-state index contributed by atoms with van der Waals surface area (Å²) in [4.78, 5) is 1.39. The quantitative estimate of drug-likeness (QED) is 0.850. The van der Waals surface area contributed by atoms with Gasteiger partial charge in [0, 0.05) is 22.2 Å². The second-order valence-corrected chi connectivity index (χ2v) is 6.19. The third-order valence-corrected chi connectivity index (χ3v) is 4.66. The molecule has 0 radical (unpaired) electrons. The Morgan fingerprint density at radius 2 is 2.22 bits per heavy atom. The largest absolute Gasteiger partial charge is 0.309 e. The van der Waals surface area contributed by atoms with E-state index in [1.807, 2.05) is 6.07 Å². The van der Waals surface area contributed by atoms with Crippen LogP contribution in [0.4, 0.5) is 4.39 Å². The fourth-order valence-corrected chi connectivity index (χ4v) is 3.59. The Morgan fingerprint density at radius 1 is 1.39 bits per heavy atom. The lowest BCUT2D eigenvalue weighted by Gasteiger charge is -2.04. The molecular weight excluding hydrogens is 245 g/mol. The van der Waals surface area contributed by atoms with Gasteiger partial charge in [-0.2, -0.15) is 0 Å². The van der Waals surface area contributed by atoms with Gasteiger partial charge in [0.15, 0.2) is 0 Å². The van der Waals surface area contributed by atoms with Crippen LogP contribution in [0, 0.1) is 5.82 Å². The smallest absolute Gasteiger partial charge is 0.124 e. The first-order chi connectivity index (χ1) is 8.78. The minimum Gasteiger partial charge on any atom is -0.309 e. The molecule has 1 fully saturated rings. The van der Waals surface area contributed by atoms with E-state index in [9.17, 15) is 4.39 Å².